The Morgan fingerprint density at radius 1 is 1.11 bits per heavy atom. The fourth-order valence-corrected chi connectivity index (χ4v) is 2.25. The number of ether oxygens (including phenoxy) is 3. The molecule has 0 fully saturated rings. The van der Waals surface area contributed by atoms with Crippen molar-refractivity contribution < 1.29 is 33.4 Å². The Kier molecular flexibility index (Phi) is 7.91. The van der Waals surface area contributed by atoms with E-state index >= 15 is 0 Å². The van der Waals surface area contributed by atoms with E-state index in [0.717, 1.165) is 11.3 Å². The summed E-state index contributed by atoms with van der Waals surface area (Å²) in [5.41, 5.74) is -1.76. The number of nitrogens with one attached hydrogen (secondary N) is 1. The molecule has 0 atom stereocenters. The van der Waals surface area contributed by atoms with Crippen LogP contribution in [-0.2, 0) is 23.8 Å². The average molecular weight is 415 g/mol. The monoisotopic (exact) mass is 415 g/mol. The Balaban J connectivity index is 2.96. The molecule has 1 aromatic rings. The van der Waals surface area contributed by atoms with Crippen LogP contribution >= 0.6 is 11.3 Å². The SMILES string of the molecule is CCOC(=O)C(=NOC(=O)OC(C)(C)C)c1csc(NC(=O)OC(C)(C)C)n1. The van der Waals surface area contributed by atoms with Gasteiger partial charge in [-0.3, -0.25) is 10.2 Å². The standard InChI is InChI=1S/C17H25N3O7S/c1-8-24-12(21)11(20-27-15(23)26-17(5,6)7)10-9-28-13(18-10)19-14(22)25-16(2,3)4/h9H,8H2,1-7H3,(H,18,19,22). The van der Waals surface area contributed by atoms with Crippen LogP contribution in [0.4, 0.5) is 14.7 Å². The molecule has 1 amide bonds. The number of carbonyl (C=O) groups excluding carboxylic acids is 3. The lowest BCUT2D eigenvalue weighted by Crippen LogP contribution is -2.27. The van der Waals surface area contributed by atoms with E-state index in [1.54, 1.807) is 48.5 Å². The average Bonchev–Trinajstić information content (AvgIpc) is 2.91. The molecule has 0 saturated heterocycles. The molecule has 0 aliphatic heterocycles. The van der Waals surface area contributed by atoms with Gasteiger partial charge in [0.25, 0.3) is 0 Å². The Morgan fingerprint density at radius 2 is 1.71 bits per heavy atom. The van der Waals surface area contributed by atoms with Crippen molar-refractivity contribution in [2.75, 3.05) is 11.9 Å². The highest BCUT2D eigenvalue weighted by Gasteiger charge is 2.24. The number of oxime groups is 1. The highest BCUT2D eigenvalue weighted by molar-refractivity contribution is 7.14. The zero-order chi connectivity index (χ0) is 21.5. The third kappa shape index (κ3) is 8.80. The maximum atomic E-state index is 12.1. The molecule has 28 heavy (non-hydrogen) atoms. The zero-order valence-corrected chi connectivity index (χ0v) is 17.8. The van der Waals surface area contributed by atoms with Gasteiger partial charge in [-0.15, -0.1) is 11.3 Å². The van der Waals surface area contributed by atoms with E-state index < -0.39 is 29.4 Å². The Labute approximate surface area is 167 Å². The van der Waals surface area contributed by atoms with Gasteiger partial charge in [-0.25, -0.2) is 19.4 Å². The molecule has 0 unspecified atom stereocenters. The van der Waals surface area contributed by atoms with Crippen LogP contribution in [0.3, 0.4) is 0 Å². The molecule has 0 aliphatic carbocycles. The number of anilines is 1. The van der Waals surface area contributed by atoms with Crippen LogP contribution < -0.4 is 5.32 Å². The van der Waals surface area contributed by atoms with E-state index in [2.05, 4.69) is 20.3 Å². The normalized spacial score (nSPS) is 12.2. The minimum atomic E-state index is -1.09. The third-order valence-corrected chi connectivity index (χ3v) is 3.18. The minimum Gasteiger partial charge on any atom is -0.461 e. The van der Waals surface area contributed by atoms with Gasteiger partial charge in [-0.2, -0.15) is 0 Å². The first-order valence-electron chi connectivity index (χ1n) is 8.41. The van der Waals surface area contributed by atoms with Gasteiger partial charge < -0.3 is 14.2 Å². The highest BCUT2D eigenvalue weighted by Crippen LogP contribution is 2.18. The van der Waals surface area contributed by atoms with Crippen LogP contribution in [0.25, 0.3) is 0 Å². The molecule has 11 heteroatoms. The smallest absolute Gasteiger partial charge is 0.461 e. The summed E-state index contributed by atoms with van der Waals surface area (Å²) in [5.74, 6) is -0.847. The minimum absolute atomic E-state index is 0.0538. The molecule has 156 valence electrons. The highest BCUT2D eigenvalue weighted by atomic mass is 32.1. The summed E-state index contributed by atoms with van der Waals surface area (Å²) in [5, 5.41) is 7.57. The number of aromatic nitrogens is 1. The van der Waals surface area contributed by atoms with Crippen molar-refractivity contribution in [2.45, 2.75) is 59.7 Å². The molecule has 0 radical (unpaired) electrons. The largest absolute Gasteiger partial charge is 0.535 e. The number of carbonyl (C=O) groups is 3. The first-order chi connectivity index (χ1) is 12.8. The van der Waals surface area contributed by atoms with Crippen molar-refractivity contribution in [2.24, 2.45) is 5.16 Å². The topological polar surface area (TPSA) is 125 Å². The molecule has 0 bridgehead atoms. The van der Waals surface area contributed by atoms with Gasteiger partial charge >= 0.3 is 18.2 Å². The van der Waals surface area contributed by atoms with Crippen LogP contribution in [0.2, 0.25) is 0 Å². The number of hydrogen-bond donors (Lipinski definition) is 1. The number of thiazole rings is 1. The summed E-state index contributed by atoms with van der Waals surface area (Å²) in [6, 6.07) is 0. The molecule has 0 spiro atoms. The molecule has 1 rings (SSSR count). The van der Waals surface area contributed by atoms with Gasteiger partial charge in [0.05, 0.1) is 6.61 Å². The number of nitrogens with zero attached hydrogens (tertiary/aromatic N) is 2. The maximum Gasteiger partial charge on any atom is 0.535 e. The molecule has 0 saturated carbocycles. The predicted molar refractivity (Wildman–Crippen MR) is 102 cm³/mol. The lowest BCUT2D eigenvalue weighted by atomic mass is 10.2. The number of esters is 1. The fraction of sp³-hybridized carbons (Fsp3) is 0.588. The van der Waals surface area contributed by atoms with Crippen LogP contribution in [0.15, 0.2) is 10.5 Å². The number of amides is 1. The van der Waals surface area contributed by atoms with Crippen LogP contribution in [-0.4, -0.2) is 46.7 Å². The van der Waals surface area contributed by atoms with Crippen molar-refractivity contribution in [3.05, 3.63) is 11.1 Å². The van der Waals surface area contributed by atoms with E-state index in [1.165, 1.54) is 5.38 Å². The Hall–Kier alpha value is -2.69. The summed E-state index contributed by atoms with van der Waals surface area (Å²) < 4.78 is 15.0. The van der Waals surface area contributed by atoms with E-state index in [4.69, 9.17) is 14.2 Å². The number of hydrogen-bond acceptors (Lipinski definition) is 10. The summed E-state index contributed by atoms with van der Waals surface area (Å²) in [6.07, 6.45) is -1.79. The predicted octanol–water partition coefficient (Wildman–Crippen LogP) is 3.71. The van der Waals surface area contributed by atoms with Crippen LogP contribution in [0.5, 0.6) is 0 Å². The zero-order valence-electron chi connectivity index (χ0n) is 16.9. The first-order valence-corrected chi connectivity index (χ1v) is 9.29. The van der Waals surface area contributed by atoms with Gasteiger partial charge in [0.15, 0.2) is 5.13 Å². The van der Waals surface area contributed by atoms with Crippen molar-refractivity contribution in [3.63, 3.8) is 0 Å². The molecule has 1 aromatic heterocycles. The van der Waals surface area contributed by atoms with Crippen molar-refractivity contribution in [1.29, 1.82) is 0 Å². The second kappa shape index (κ2) is 9.49. The van der Waals surface area contributed by atoms with E-state index in [-0.39, 0.29) is 23.1 Å². The first kappa shape index (κ1) is 23.3. The summed E-state index contributed by atoms with van der Waals surface area (Å²) >= 11 is 1.03. The van der Waals surface area contributed by atoms with Crippen molar-refractivity contribution in [1.82, 2.24) is 4.98 Å². The van der Waals surface area contributed by atoms with Gasteiger partial charge in [0.1, 0.15) is 16.9 Å². The summed E-state index contributed by atoms with van der Waals surface area (Å²) in [6.45, 7) is 11.8. The van der Waals surface area contributed by atoms with Gasteiger partial charge in [-0.05, 0) is 48.5 Å². The summed E-state index contributed by atoms with van der Waals surface area (Å²) in [4.78, 5) is 44.3. The Bertz CT molecular complexity index is 745. The van der Waals surface area contributed by atoms with E-state index in [0.29, 0.717) is 0 Å². The lowest BCUT2D eigenvalue weighted by Gasteiger charge is -2.18. The lowest BCUT2D eigenvalue weighted by molar-refractivity contribution is -0.135. The molecular formula is C17H25N3O7S. The molecule has 10 nitrogen and oxygen atoms in total. The quantitative estimate of drug-likeness (QED) is 0.254. The summed E-state index contributed by atoms with van der Waals surface area (Å²) in [7, 11) is 0. The molecular weight excluding hydrogens is 390 g/mol. The van der Waals surface area contributed by atoms with Crippen LogP contribution in [0, 0.1) is 0 Å². The second-order valence-corrected chi connectivity index (χ2v) is 8.24. The molecule has 0 aliphatic rings. The van der Waals surface area contributed by atoms with Gasteiger partial charge in [0.2, 0.25) is 5.71 Å². The maximum absolute atomic E-state index is 12.1. The van der Waals surface area contributed by atoms with Crippen molar-refractivity contribution >= 4 is 40.4 Å². The molecule has 1 N–H and O–H groups in total. The van der Waals surface area contributed by atoms with Crippen molar-refractivity contribution in [3.8, 4) is 0 Å². The molecule has 0 aromatic carbocycles. The van der Waals surface area contributed by atoms with Gasteiger partial charge in [-0.1, -0.05) is 5.16 Å². The van der Waals surface area contributed by atoms with E-state index in [9.17, 15) is 14.4 Å². The number of rotatable bonds is 5. The molecule has 1 heterocycles. The van der Waals surface area contributed by atoms with E-state index in [1.807, 2.05) is 0 Å². The fourth-order valence-electron chi connectivity index (χ4n) is 1.57. The van der Waals surface area contributed by atoms with Gasteiger partial charge in [0, 0.05) is 5.38 Å². The second-order valence-electron chi connectivity index (χ2n) is 7.38. The van der Waals surface area contributed by atoms with Crippen LogP contribution in [0.1, 0.15) is 54.2 Å². The third-order valence-electron chi connectivity index (χ3n) is 2.42. The Morgan fingerprint density at radius 3 is 2.25 bits per heavy atom.